The van der Waals surface area contributed by atoms with Crippen LogP contribution in [-0.2, 0) is 0 Å². The lowest BCUT2D eigenvalue weighted by atomic mass is 9.53. The zero-order chi connectivity index (χ0) is 32.1. The Hall–Kier alpha value is -2.30. The topological polar surface area (TPSA) is 33.7 Å². The van der Waals surface area contributed by atoms with Crippen molar-refractivity contribution in [2.75, 3.05) is 45.9 Å². The van der Waals surface area contributed by atoms with E-state index in [1.807, 2.05) is 0 Å². The second-order valence-electron chi connectivity index (χ2n) is 15.4. The quantitative estimate of drug-likeness (QED) is 0.146. The lowest BCUT2D eigenvalue weighted by molar-refractivity contribution is 0.0705. The molecule has 0 atom stereocenters. The van der Waals surface area contributed by atoms with E-state index in [-0.39, 0.29) is 0 Å². The van der Waals surface area contributed by atoms with E-state index in [0.29, 0.717) is 0 Å². The summed E-state index contributed by atoms with van der Waals surface area (Å²) in [4.78, 5) is 2.65. The fourth-order valence-corrected chi connectivity index (χ4v) is 9.37. The van der Waals surface area contributed by atoms with Crippen molar-refractivity contribution >= 4 is 5.57 Å². The predicted molar refractivity (Wildman–Crippen MR) is 197 cm³/mol. The number of piperidine rings is 1. The van der Waals surface area contributed by atoms with Crippen molar-refractivity contribution in [1.29, 1.82) is 0 Å². The van der Waals surface area contributed by atoms with E-state index in [1.165, 1.54) is 133 Å². The van der Waals surface area contributed by atoms with Crippen LogP contribution in [0.3, 0.4) is 0 Å². The van der Waals surface area contributed by atoms with E-state index in [0.717, 1.165) is 74.3 Å². The Morgan fingerprint density at radius 3 is 1.70 bits per heavy atom. The van der Waals surface area contributed by atoms with E-state index in [4.69, 9.17) is 9.47 Å². The van der Waals surface area contributed by atoms with Crippen LogP contribution in [0.25, 0.3) is 5.57 Å². The Morgan fingerprint density at radius 2 is 1.15 bits per heavy atom. The SMILES string of the molecule is CCCCCNCCCCCOc1ccc(C(=C2C3CC4CC(C3)CC2C4)c2ccc(OCCCCCN3CCCCC3)cc2)cc1. The number of likely N-dealkylation sites (tertiary alicyclic amines) is 1. The average Bonchev–Trinajstić information content (AvgIpc) is 3.10. The molecule has 2 aromatic rings. The van der Waals surface area contributed by atoms with Gasteiger partial charge in [-0.25, -0.2) is 0 Å². The highest BCUT2D eigenvalue weighted by atomic mass is 16.5. The molecule has 4 bridgehead atoms. The number of hydrogen-bond acceptors (Lipinski definition) is 4. The molecule has 258 valence electrons. The number of nitrogens with zero attached hydrogens (tertiary/aromatic N) is 1. The summed E-state index contributed by atoms with van der Waals surface area (Å²) in [7, 11) is 0. The molecular formula is C43H64N2O2. The molecule has 0 amide bonds. The Labute approximate surface area is 287 Å². The number of rotatable bonds is 20. The normalized spacial score (nSPS) is 23.7. The minimum atomic E-state index is 0.763. The standard InChI is InChI=1S/C43H64N2O2/c1-2-3-7-22-44-23-8-4-12-27-46-40-18-14-36(15-19-40)42(43-38-30-34-29-35(32-38)33-39(43)31-34)37-16-20-41(21-17-37)47-28-13-6-11-26-45-24-9-5-10-25-45/h14-21,34-35,38-39,44H,2-13,22-33H2,1H3. The van der Waals surface area contributed by atoms with E-state index in [2.05, 4.69) is 65.7 Å². The third-order valence-electron chi connectivity index (χ3n) is 11.7. The van der Waals surface area contributed by atoms with Crippen molar-refractivity contribution in [3.63, 3.8) is 0 Å². The largest absolute Gasteiger partial charge is 0.494 e. The molecule has 5 fully saturated rings. The van der Waals surface area contributed by atoms with Gasteiger partial charge in [0.25, 0.3) is 0 Å². The monoisotopic (exact) mass is 640 g/mol. The van der Waals surface area contributed by atoms with Crippen molar-refractivity contribution in [3.05, 3.63) is 65.2 Å². The maximum absolute atomic E-state index is 6.23. The van der Waals surface area contributed by atoms with E-state index in [9.17, 15) is 0 Å². The summed E-state index contributed by atoms with van der Waals surface area (Å²) in [5.41, 5.74) is 5.98. The first-order chi connectivity index (χ1) is 23.3. The van der Waals surface area contributed by atoms with Crippen LogP contribution in [-0.4, -0.2) is 50.8 Å². The van der Waals surface area contributed by atoms with Gasteiger partial charge >= 0.3 is 0 Å². The molecule has 4 heteroatoms. The van der Waals surface area contributed by atoms with Gasteiger partial charge in [0.1, 0.15) is 11.5 Å². The molecule has 4 aliphatic carbocycles. The van der Waals surface area contributed by atoms with Crippen molar-refractivity contribution in [2.24, 2.45) is 23.7 Å². The zero-order valence-electron chi connectivity index (χ0n) is 29.7. The molecule has 5 aliphatic rings. The van der Waals surface area contributed by atoms with Gasteiger partial charge in [0, 0.05) is 0 Å². The van der Waals surface area contributed by atoms with Gasteiger partial charge in [0.2, 0.25) is 0 Å². The van der Waals surface area contributed by atoms with Gasteiger partial charge in [-0.2, -0.15) is 0 Å². The van der Waals surface area contributed by atoms with Crippen LogP contribution in [0.1, 0.15) is 127 Å². The fourth-order valence-electron chi connectivity index (χ4n) is 9.37. The number of hydrogen-bond donors (Lipinski definition) is 1. The van der Waals surface area contributed by atoms with Crippen molar-refractivity contribution in [2.45, 2.75) is 116 Å². The van der Waals surface area contributed by atoms with Gasteiger partial charge < -0.3 is 19.7 Å². The summed E-state index contributed by atoms with van der Waals surface area (Å²) in [5, 5.41) is 3.58. The van der Waals surface area contributed by atoms with Crippen LogP contribution in [0.4, 0.5) is 0 Å². The van der Waals surface area contributed by atoms with Crippen molar-refractivity contribution in [1.82, 2.24) is 10.2 Å². The number of nitrogens with one attached hydrogen (secondary N) is 1. The maximum Gasteiger partial charge on any atom is 0.119 e. The van der Waals surface area contributed by atoms with Gasteiger partial charge in [-0.15, -0.1) is 0 Å². The van der Waals surface area contributed by atoms with Crippen LogP contribution in [0.15, 0.2) is 54.1 Å². The molecule has 1 aliphatic heterocycles. The van der Waals surface area contributed by atoms with Crippen molar-refractivity contribution in [3.8, 4) is 11.5 Å². The second kappa shape index (κ2) is 18.5. The average molecular weight is 641 g/mol. The Bertz CT molecular complexity index is 1180. The highest BCUT2D eigenvalue weighted by Crippen LogP contribution is 2.58. The first-order valence-electron chi connectivity index (χ1n) is 19.9. The first-order valence-corrected chi connectivity index (χ1v) is 19.9. The molecule has 47 heavy (non-hydrogen) atoms. The molecule has 2 aromatic carbocycles. The summed E-state index contributed by atoms with van der Waals surface area (Å²) in [5.74, 6) is 5.46. The van der Waals surface area contributed by atoms with Gasteiger partial charge in [-0.05, 0) is 187 Å². The predicted octanol–water partition coefficient (Wildman–Crippen LogP) is 10.3. The lowest BCUT2D eigenvalue weighted by Crippen LogP contribution is -2.40. The summed E-state index contributed by atoms with van der Waals surface area (Å²) in [6.45, 7) is 10.0. The summed E-state index contributed by atoms with van der Waals surface area (Å²) >= 11 is 0. The van der Waals surface area contributed by atoms with Crippen molar-refractivity contribution < 1.29 is 9.47 Å². The zero-order valence-corrected chi connectivity index (χ0v) is 29.7. The molecule has 1 saturated heterocycles. The van der Waals surface area contributed by atoms with Crippen LogP contribution in [0, 0.1) is 23.7 Å². The number of ether oxygens (including phenoxy) is 2. The highest BCUT2D eigenvalue weighted by Gasteiger charge is 2.46. The number of allylic oxidation sites excluding steroid dienone is 1. The van der Waals surface area contributed by atoms with Crippen LogP contribution < -0.4 is 14.8 Å². The third-order valence-corrected chi connectivity index (χ3v) is 11.7. The smallest absolute Gasteiger partial charge is 0.119 e. The lowest BCUT2D eigenvalue weighted by Gasteiger charge is -2.52. The molecule has 0 aromatic heterocycles. The Balaban J connectivity index is 1.03. The highest BCUT2D eigenvalue weighted by molar-refractivity contribution is 5.83. The van der Waals surface area contributed by atoms with Crippen LogP contribution >= 0.6 is 0 Å². The molecule has 4 nitrogen and oxygen atoms in total. The molecule has 0 radical (unpaired) electrons. The Kier molecular flexibility index (Phi) is 13.6. The summed E-state index contributed by atoms with van der Waals surface area (Å²) in [6, 6.07) is 18.2. The summed E-state index contributed by atoms with van der Waals surface area (Å²) in [6.07, 6.45) is 22.5. The first kappa shape index (κ1) is 34.6. The fraction of sp³-hybridized carbons (Fsp3) is 0.674. The van der Waals surface area contributed by atoms with E-state index < -0.39 is 0 Å². The van der Waals surface area contributed by atoms with Gasteiger partial charge in [-0.3, -0.25) is 0 Å². The van der Waals surface area contributed by atoms with Crippen LogP contribution in [0.5, 0.6) is 11.5 Å². The number of benzene rings is 2. The molecule has 0 spiro atoms. The third kappa shape index (κ3) is 10.1. The maximum atomic E-state index is 6.23. The molecule has 4 saturated carbocycles. The Morgan fingerprint density at radius 1 is 0.617 bits per heavy atom. The summed E-state index contributed by atoms with van der Waals surface area (Å²) < 4.78 is 12.4. The second-order valence-corrected chi connectivity index (χ2v) is 15.4. The molecule has 1 N–H and O–H groups in total. The minimum absolute atomic E-state index is 0.763. The van der Waals surface area contributed by atoms with E-state index >= 15 is 0 Å². The van der Waals surface area contributed by atoms with Gasteiger partial charge in [-0.1, -0.05) is 56.0 Å². The molecular weight excluding hydrogens is 576 g/mol. The minimum Gasteiger partial charge on any atom is -0.494 e. The van der Waals surface area contributed by atoms with E-state index in [1.54, 1.807) is 5.57 Å². The number of unbranched alkanes of at least 4 members (excludes halogenated alkanes) is 6. The van der Waals surface area contributed by atoms with Gasteiger partial charge in [0.15, 0.2) is 0 Å². The van der Waals surface area contributed by atoms with Gasteiger partial charge in [0.05, 0.1) is 13.2 Å². The molecule has 7 rings (SSSR count). The molecule has 0 unspecified atom stereocenters. The molecule has 1 heterocycles. The van der Waals surface area contributed by atoms with Crippen LogP contribution in [0.2, 0.25) is 0 Å².